The molecular formula is C16H23N5O. The van der Waals surface area contributed by atoms with E-state index in [0.717, 1.165) is 37.1 Å². The number of carbonyl (C=O) groups excluding carboxylic acids is 1. The maximum atomic E-state index is 12.3. The number of nitrogens with zero attached hydrogens (tertiary/aromatic N) is 3. The number of aromatic amines is 1. The Hall–Kier alpha value is -2.11. The smallest absolute Gasteiger partial charge is 0.254 e. The van der Waals surface area contributed by atoms with Gasteiger partial charge < -0.3 is 9.88 Å². The summed E-state index contributed by atoms with van der Waals surface area (Å²) in [6.45, 7) is 1.52. The van der Waals surface area contributed by atoms with Crippen LogP contribution in [0.25, 0.3) is 0 Å². The highest BCUT2D eigenvalue weighted by molar-refractivity contribution is 5.95. The highest BCUT2D eigenvalue weighted by Gasteiger charge is 2.23. The zero-order valence-corrected chi connectivity index (χ0v) is 12.8. The van der Waals surface area contributed by atoms with Crippen molar-refractivity contribution in [2.24, 2.45) is 0 Å². The maximum absolute atomic E-state index is 12.3. The molecule has 0 atom stereocenters. The molecule has 0 radical (unpaired) electrons. The molecule has 0 bridgehead atoms. The fourth-order valence-corrected chi connectivity index (χ4v) is 3.16. The van der Waals surface area contributed by atoms with Gasteiger partial charge in [-0.15, -0.1) is 0 Å². The van der Waals surface area contributed by atoms with Crippen LogP contribution in [0.3, 0.4) is 0 Å². The number of hydrogen-bond acceptors (Lipinski definition) is 3. The van der Waals surface area contributed by atoms with Gasteiger partial charge in [-0.05, 0) is 19.3 Å². The van der Waals surface area contributed by atoms with Gasteiger partial charge in [0, 0.05) is 31.4 Å². The lowest BCUT2D eigenvalue weighted by Crippen LogP contribution is -2.26. The molecule has 6 nitrogen and oxygen atoms in total. The normalized spacial score (nSPS) is 15.8. The first-order valence-corrected chi connectivity index (χ1v) is 8.12. The van der Waals surface area contributed by atoms with E-state index in [1.165, 1.54) is 19.3 Å². The number of H-pyrrole nitrogens is 1. The Kier molecular flexibility index (Phi) is 4.88. The number of carbonyl (C=O) groups is 1. The van der Waals surface area contributed by atoms with Crippen molar-refractivity contribution < 1.29 is 4.79 Å². The summed E-state index contributed by atoms with van der Waals surface area (Å²) in [5, 5.41) is 10.1. The molecule has 1 aliphatic carbocycles. The molecule has 1 amide bonds. The van der Waals surface area contributed by atoms with E-state index in [1.807, 2.05) is 10.8 Å². The van der Waals surface area contributed by atoms with Crippen molar-refractivity contribution in [3.8, 4) is 0 Å². The minimum Gasteiger partial charge on any atom is -0.352 e. The summed E-state index contributed by atoms with van der Waals surface area (Å²) in [7, 11) is 0. The number of hydrogen-bond donors (Lipinski definition) is 2. The van der Waals surface area contributed by atoms with Crippen LogP contribution in [0, 0.1) is 0 Å². The van der Waals surface area contributed by atoms with E-state index in [0.29, 0.717) is 12.5 Å². The first kappa shape index (κ1) is 14.8. The van der Waals surface area contributed by atoms with Gasteiger partial charge in [0.1, 0.15) is 0 Å². The number of aryl methyl sites for hydroxylation is 1. The quantitative estimate of drug-likeness (QED) is 0.805. The highest BCUT2D eigenvalue weighted by Crippen LogP contribution is 2.32. The molecule has 2 heterocycles. The van der Waals surface area contributed by atoms with Crippen molar-refractivity contribution in [1.82, 2.24) is 25.1 Å². The molecule has 0 saturated heterocycles. The molecule has 22 heavy (non-hydrogen) atoms. The summed E-state index contributed by atoms with van der Waals surface area (Å²) in [5.41, 5.74) is 1.74. The Bertz CT molecular complexity index is 583. The summed E-state index contributed by atoms with van der Waals surface area (Å²) < 4.78 is 2.01. The van der Waals surface area contributed by atoms with Gasteiger partial charge in [-0.3, -0.25) is 9.89 Å². The second kappa shape index (κ2) is 7.24. The number of imidazole rings is 1. The molecule has 2 aromatic heterocycles. The lowest BCUT2D eigenvalue weighted by Gasteiger charge is -2.21. The lowest BCUT2D eigenvalue weighted by molar-refractivity contribution is 0.0951. The molecule has 2 aromatic rings. The van der Waals surface area contributed by atoms with Gasteiger partial charge in [0.25, 0.3) is 5.91 Å². The lowest BCUT2D eigenvalue weighted by atomic mass is 9.85. The third-order valence-corrected chi connectivity index (χ3v) is 4.36. The Morgan fingerprint density at radius 2 is 2.23 bits per heavy atom. The number of nitrogens with one attached hydrogen (secondary N) is 2. The van der Waals surface area contributed by atoms with Crippen LogP contribution >= 0.6 is 0 Å². The van der Waals surface area contributed by atoms with Crippen molar-refractivity contribution in [3.63, 3.8) is 0 Å². The summed E-state index contributed by atoms with van der Waals surface area (Å²) in [6, 6.07) is 0. The Morgan fingerprint density at radius 3 is 3.00 bits per heavy atom. The van der Waals surface area contributed by atoms with E-state index >= 15 is 0 Å². The third-order valence-electron chi connectivity index (χ3n) is 4.36. The number of rotatable bonds is 6. The topological polar surface area (TPSA) is 75.6 Å². The minimum atomic E-state index is -0.0139. The molecule has 0 spiro atoms. The fourth-order valence-electron chi connectivity index (χ4n) is 3.16. The van der Waals surface area contributed by atoms with Crippen LogP contribution in [-0.4, -0.2) is 32.2 Å². The second-order valence-corrected chi connectivity index (χ2v) is 5.94. The first-order chi connectivity index (χ1) is 10.8. The SMILES string of the molecule is O=C(NCCCn1ccnc1)c1cn[nH]c1C1CCCCC1. The van der Waals surface area contributed by atoms with Gasteiger partial charge >= 0.3 is 0 Å². The summed E-state index contributed by atoms with van der Waals surface area (Å²) in [5.74, 6) is 0.447. The Balaban J connectivity index is 1.50. The molecule has 118 valence electrons. The summed E-state index contributed by atoms with van der Waals surface area (Å²) in [4.78, 5) is 16.3. The van der Waals surface area contributed by atoms with E-state index < -0.39 is 0 Å². The van der Waals surface area contributed by atoms with Gasteiger partial charge in [-0.2, -0.15) is 5.10 Å². The van der Waals surface area contributed by atoms with Crippen molar-refractivity contribution >= 4 is 5.91 Å². The third kappa shape index (κ3) is 3.55. The van der Waals surface area contributed by atoms with E-state index in [2.05, 4.69) is 20.5 Å². The van der Waals surface area contributed by atoms with Crippen molar-refractivity contribution in [3.05, 3.63) is 36.2 Å². The first-order valence-electron chi connectivity index (χ1n) is 8.12. The van der Waals surface area contributed by atoms with Gasteiger partial charge in [-0.25, -0.2) is 4.98 Å². The molecule has 6 heteroatoms. The number of amides is 1. The van der Waals surface area contributed by atoms with E-state index in [-0.39, 0.29) is 5.91 Å². The predicted molar refractivity (Wildman–Crippen MR) is 83.6 cm³/mol. The van der Waals surface area contributed by atoms with Crippen molar-refractivity contribution in [1.29, 1.82) is 0 Å². The average Bonchev–Trinajstić information content (AvgIpc) is 3.23. The van der Waals surface area contributed by atoms with Crippen LogP contribution in [0.2, 0.25) is 0 Å². The van der Waals surface area contributed by atoms with Gasteiger partial charge in [0.15, 0.2) is 0 Å². The number of aromatic nitrogens is 4. The molecule has 2 N–H and O–H groups in total. The summed E-state index contributed by atoms with van der Waals surface area (Å²) in [6.07, 6.45) is 14.1. The van der Waals surface area contributed by atoms with Crippen LogP contribution in [0.1, 0.15) is 60.5 Å². The van der Waals surface area contributed by atoms with E-state index in [1.54, 1.807) is 18.7 Å². The fraction of sp³-hybridized carbons (Fsp3) is 0.562. The minimum absolute atomic E-state index is 0.0139. The predicted octanol–water partition coefficient (Wildman–Crippen LogP) is 2.47. The van der Waals surface area contributed by atoms with Crippen LogP contribution in [0.5, 0.6) is 0 Å². The van der Waals surface area contributed by atoms with E-state index in [4.69, 9.17) is 0 Å². The van der Waals surface area contributed by atoms with Crippen molar-refractivity contribution in [2.75, 3.05) is 6.54 Å². The van der Waals surface area contributed by atoms with E-state index in [9.17, 15) is 4.79 Å². The van der Waals surface area contributed by atoms with Gasteiger partial charge in [0.2, 0.25) is 0 Å². The Morgan fingerprint density at radius 1 is 1.36 bits per heavy atom. The molecule has 3 rings (SSSR count). The zero-order valence-electron chi connectivity index (χ0n) is 12.8. The van der Waals surface area contributed by atoms with Gasteiger partial charge in [0.05, 0.1) is 23.8 Å². The second-order valence-electron chi connectivity index (χ2n) is 5.94. The standard InChI is InChI=1S/C16H23N5O/c22-16(18-7-4-9-21-10-8-17-12-21)14-11-19-20-15(14)13-5-2-1-3-6-13/h8,10-13H,1-7,9H2,(H,18,22)(H,19,20). The monoisotopic (exact) mass is 301 g/mol. The largest absolute Gasteiger partial charge is 0.352 e. The molecule has 1 fully saturated rings. The molecule has 0 unspecified atom stereocenters. The van der Waals surface area contributed by atoms with Crippen LogP contribution in [-0.2, 0) is 6.54 Å². The molecule has 1 aliphatic rings. The van der Waals surface area contributed by atoms with Crippen LogP contribution < -0.4 is 5.32 Å². The van der Waals surface area contributed by atoms with Crippen LogP contribution in [0.15, 0.2) is 24.9 Å². The zero-order chi connectivity index (χ0) is 15.2. The molecule has 0 aromatic carbocycles. The highest BCUT2D eigenvalue weighted by atomic mass is 16.1. The molecular weight excluding hydrogens is 278 g/mol. The molecule has 0 aliphatic heterocycles. The Labute approximate surface area is 130 Å². The molecule has 1 saturated carbocycles. The maximum Gasteiger partial charge on any atom is 0.254 e. The summed E-state index contributed by atoms with van der Waals surface area (Å²) >= 11 is 0. The van der Waals surface area contributed by atoms with Crippen LogP contribution in [0.4, 0.5) is 0 Å². The van der Waals surface area contributed by atoms with Gasteiger partial charge in [-0.1, -0.05) is 19.3 Å². The van der Waals surface area contributed by atoms with Crippen molar-refractivity contribution in [2.45, 2.75) is 51.0 Å². The average molecular weight is 301 g/mol.